The average molecular weight is 309 g/mol. The molecule has 1 N–H and O–H groups in total. The zero-order valence-corrected chi connectivity index (χ0v) is 13.2. The fourth-order valence-corrected chi connectivity index (χ4v) is 2.46. The minimum atomic E-state index is -0.220. The highest BCUT2D eigenvalue weighted by Crippen LogP contribution is 2.21. The lowest BCUT2D eigenvalue weighted by Gasteiger charge is -2.14. The molecule has 1 unspecified atom stereocenters. The number of rotatable bonds is 5. The van der Waals surface area contributed by atoms with Crippen molar-refractivity contribution in [3.8, 4) is 5.75 Å². The first-order valence-corrected chi connectivity index (χ1v) is 7.69. The molecule has 3 rings (SSSR count). The Hall–Kier alpha value is -2.75. The Balaban J connectivity index is 1.71. The molecule has 3 aromatic rings. The van der Waals surface area contributed by atoms with Crippen LogP contribution >= 0.6 is 0 Å². The maximum absolute atomic E-state index is 12.3. The van der Waals surface area contributed by atoms with Crippen molar-refractivity contribution in [2.24, 2.45) is 0 Å². The Morgan fingerprint density at radius 1 is 1.17 bits per heavy atom. The summed E-state index contributed by atoms with van der Waals surface area (Å²) < 4.78 is 11.0. The lowest BCUT2D eigenvalue weighted by atomic mass is 10.1. The highest BCUT2D eigenvalue weighted by molar-refractivity contribution is 5.96. The SMILES string of the molecule is CCOc1ccc(C(C)NC(=O)c2cc3ccccc3o2)cc1. The van der Waals surface area contributed by atoms with E-state index in [1.54, 1.807) is 6.07 Å². The van der Waals surface area contributed by atoms with E-state index in [0.717, 1.165) is 16.7 Å². The Labute approximate surface area is 135 Å². The first-order valence-electron chi connectivity index (χ1n) is 7.69. The second-order valence-electron chi connectivity index (χ2n) is 5.35. The summed E-state index contributed by atoms with van der Waals surface area (Å²) in [6.07, 6.45) is 0. The van der Waals surface area contributed by atoms with E-state index >= 15 is 0 Å². The molecule has 0 bridgehead atoms. The van der Waals surface area contributed by atoms with Crippen LogP contribution in [0.15, 0.2) is 59.0 Å². The van der Waals surface area contributed by atoms with Crippen LogP contribution in [0.1, 0.15) is 36.0 Å². The van der Waals surface area contributed by atoms with Gasteiger partial charge in [0.2, 0.25) is 0 Å². The van der Waals surface area contributed by atoms with Crippen molar-refractivity contribution < 1.29 is 13.9 Å². The molecule has 0 fully saturated rings. The molecule has 2 aromatic carbocycles. The molecule has 23 heavy (non-hydrogen) atoms. The fourth-order valence-electron chi connectivity index (χ4n) is 2.46. The van der Waals surface area contributed by atoms with Gasteiger partial charge in [-0.1, -0.05) is 30.3 Å². The van der Waals surface area contributed by atoms with Crippen LogP contribution in [0, 0.1) is 0 Å². The fraction of sp³-hybridized carbons (Fsp3) is 0.211. The van der Waals surface area contributed by atoms with Gasteiger partial charge >= 0.3 is 0 Å². The number of fused-ring (bicyclic) bond motifs is 1. The number of amides is 1. The summed E-state index contributed by atoms with van der Waals surface area (Å²) in [4.78, 5) is 12.3. The molecule has 4 nitrogen and oxygen atoms in total. The van der Waals surface area contributed by atoms with Crippen LogP contribution in [0.2, 0.25) is 0 Å². The number of carbonyl (C=O) groups excluding carboxylic acids is 1. The van der Waals surface area contributed by atoms with Crippen LogP contribution in [0.4, 0.5) is 0 Å². The number of furan rings is 1. The van der Waals surface area contributed by atoms with E-state index in [9.17, 15) is 4.79 Å². The number of ether oxygens (including phenoxy) is 1. The highest BCUT2D eigenvalue weighted by atomic mass is 16.5. The summed E-state index contributed by atoms with van der Waals surface area (Å²) in [7, 11) is 0. The standard InChI is InChI=1S/C19H19NO3/c1-3-22-16-10-8-14(9-11-16)13(2)20-19(21)18-12-15-6-4-5-7-17(15)23-18/h4-13H,3H2,1-2H3,(H,20,21). The van der Waals surface area contributed by atoms with Crippen molar-refractivity contribution in [3.63, 3.8) is 0 Å². The molecule has 0 aliphatic carbocycles. The predicted molar refractivity (Wildman–Crippen MR) is 89.7 cm³/mol. The molecule has 118 valence electrons. The molecule has 0 aliphatic rings. The largest absolute Gasteiger partial charge is 0.494 e. The van der Waals surface area contributed by atoms with E-state index < -0.39 is 0 Å². The van der Waals surface area contributed by atoms with E-state index in [1.807, 2.05) is 62.4 Å². The molecule has 0 saturated heterocycles. The summed E-state index contributed by atoms with van der Waals surface area (Å²) >= 11 is 0. The third-order valence-electron chi connectivity index (χ3n) is 3.69. The second kappa shape index (κ2) is 6.57. The third kappa shape index (κ3) is 3.37. The molecule has 0 saturated carbocycles. The van der Waals surface area contributed by atoms with Gasteiger partial charge in [-0.05, 0) is 43.7 Å². The predicted octanol–water partition coefficient (Wildman–Crippen LogP) is 4.32. The zero-order valence-electron chi connectivity index (χ0n) is 13.2. The van der Waals surface area contributed by atoms with Crippen LogP contribution < -0.4 is 10.1 Å². The van der Waals surface area contributed by atoms with E-state index in [0.29, 0.717) is 18.0 Å². The molecule has 4 heteroatoms. The number of para-hydroxylation sites is 1. The van der Waals surface area contributed by atoms with Crippen LogP contribution in [0.5, 0.6) is 5.75 Å². The van der Waals surface area contributed by atoms with Gasteiger partial charge in [-0.3, -0.25) is 4.79 Å². The lowest BCUT2D eigenvalue weighted by Crippen LogP contribution is -2.26. The molecule has 1 atom stereocenters. The maximum atomic E-state index is 12.3. The molecule has 1 heterocycles. The van der Waals surface area contributed by atoms with Gasteiger partial charge in [0, 0.05) is 5.39 Å². The number of hydrogen-bond donors (Lipinski definition) is 1. The minimum absolute atomic E-state index is 0.119. The molecule has 0 spiro atoms. The summed E-state index contributed by atoms with van der Waals surface area (Å²) in [6, 6.07) is 16.9. The van der Waals surface area contributed by atoms with Crippen molar-refractivity contribution in [2.45, 2.75) is 19.9 Å². The van der Waals surface area contributed by atoms with Crippen LogP contribution in [0.25, 0.3) is 11.0 Å². The summed E-state index contributed by atoms with van der Waals surface area (Å²) in [6.45, 7) is 4.53. The molecule has 0 radical (unpaired) electrons. The molecule has 1 amide bonds. The maximum Gasteiger partial charge on any atom is 0.287 e. The molecule has 0 aliphatic heterocycles. The van der Waals surface area contributed by atoms with E-state index in [2.05, 4.69) is 5.32 Å². The van der Waals surface area contributed by atoms with Gasteiger partial charge in [0.15, 0.2) is 5.76 Å². The van der Waals surface area contributed by atoms with Crippen LogP contribution in [0.3, 0.4) is 0 Å². The number of carbonyl (C=O) groups is 1. The van der Waals surface area contributed by atoms with Crippen molar-refractivity contribution in [1.29, 1.82) is 0 Å². The number of hydrogen-bond acceptors (Lipinski definition) is 3. The first-order chi connectivity index (χ1) is 11.2. The quantitative estimate of drug-likeness (QED) is 0.763. The average Bonchev–Trinajstić information content (AvgIpc) is 3.00. The molecular weight excluding hydrogens is 290 g/mol. The van der Waals surface area contributed by atoms with Crippen molar-refractivity contribution in [1.82, 2.24) is 5.32 Å². The molecule has 1 aromatic heterocycles. The van der Waals surface area contributed by atoms with Gasteiger partial charge in [-0.25, -0.2) is 0 Å². The third-order valence-corrected chi connectivity index (χ3v) is 3.69. The smallest absolute Gasteiger partial charge is 0.287 e. The van der Waals surface area contributed by atoms with Gasteiger partial charge in [0.25, 0.3) is 5.91 Å². The van der Waals surface area contributed by atoms with Gasteiger partial charge < -0.3 is 14.5 Å². The minimum Gasteiger partial charge on any atom is -0.494 e. The van der Waals surface area contributed by atoms with E-state index in [-0.39, 0.29) is 11.9 Å². The lowest BCUT2D eigenvalue weighted by molar-refractivity contribution is 0.0914. The zero-order chi connectivity index (χ0) is 16.2. The normalized spacial score (nSPS) is 12.1. The Morgan fingerprint density at radius 3 is 2.61 bits per heavy atom. The summed E-state index contributed by atoms with van der Waals surface area (Å²) in [5, 5.41) is 3.87. The van der Waals surface area contributed by atoms with Crippen LogP contribution in [-0.2, 0) is 0 Å². The van der Waals surface area contributed by atoms with Crippen molar-refractivity contribution in [2.75, 3.05) is 6.61 Å². The topological polar surface area (TPSA) is 51.5 Å². The van der Waals surface area contributed by atoms with Crippen molar-refractivity contribution in [3.05, 3.63) is 65.9 Å². The Morgan fingerprint density at radius 2 is 1.91 bits per heavy atom. The summed E-state index contributed by atoms with van der Waals surface area (Å²) in [5.41, 5.74) is 1.73. The second-order valence-corrected chi connectivity index (χ2v) is 5.35. The number of benzene rings is 2. The van der Waals surface area contributed by atoms with Gasteiger partial charge in [0.1, 0.15) is 11.3 Å². The van der Waals surface area contributed by atoms with E-state index in [4.69, 9.17) is 9.15 Å². The van der Waals surface area contributed by atoms with Gasteiger partial charge in [-0.2, -0.15) is 0 Å². The van der Waals surface area contributed by atoms with Gasteiger partial charge in [-0.15, -0.1) is 0 Å². The number of nitrogens with one attached hydrogen (secondary N) is 1. The van der Waals surface area contributed by atoms with E-state index in [1.165, 1.54) is 0 Å². The van der Waals surface area contributed by atoms with Crippen molar-refractivity contribution >= 4 is 16.9 Å². The van der Waals surface area contributed by atoms with Gasteiger partial charge in [0.05, 0.1) is 12.6 Å². The highest BCUT2D eigenvalue weighted by Gasteiger charge is 2.15. The molecular formula is C19H19NO3. The van der Waals surface area contributed by atoms with Crippen LogP contribution in [-0.4, -0.2) is 12.5 Å². The Bertz CT molecular complexity index is 772. The monoisotopic (exact) mass is 309 g/mol. The summed E-state index contributed by atoms with van der Waals surface area (Å²) in [5.74, 6) is 0.929. The first kappa shape index (κ1) is 15.2. The Kier molecular flexibility index (Phi) is 4.33.